The number of aromatic amines is 1. The Labute approximate surface area is 154 Å². The number of anilines is 1. The molecule has 8 heteroatoms. The van der Waals surface area contributed by atoms with Gasteiger partial charge in [-0.15, -0.1) is 0 Å². The van der Waals surface area contributed by atoms with Crippen molar-refractivity contribution in [3.05, 3.63) is 56.8 Å². The molecule has 140 valence electrons. The summed E-state index contributed by atoms with van der Waals surface area (Å²) < 4.78 is 14.3. The summed E-state index contributed by atoms with van der Waals surface area (Å²) >= 11 is 0. The average Bonchev–Trinajstić information content (AvgIpc) is 2.91. The molecule has 0 unspecified atom stereocenters. The van der Waals surface area contributed by atoms with Gasteiger partial charge in [-0.25, -0.2) is 14.4 Å². The largest absolute Gasteiger partial charge is 0.319 e. The second-order valence-corrected chi connectivity index (χ2v) is 7.00. The number of aromatic nitrogens is 2. The van der Waals surface area contributed by atoms with Gasteiger partial charge in [-0.05, 0) is 48.9 Å². The summed E-state index contributed by atoms with van der Waals surface area (Å²) in [7, 11) is 0. The molecule has 2 aliphatic rings. The standard InChI is InChI=1S/C19H19FN4O3/c20-13-6-5-10(8-16(13)24-17(25)9-14(21)19(24)27)7-15-11-3-1-2-4-12(11)18(26)23-22-15/h5-6,8,14H,1-4,7,9,21H2,(H,23,26)/t14-/m0/s1. The van der Waals surface area contributed by atoms with Gasteiger partial charge in [0, 0.05) is 12.0 Å². The monoisotopic (exact) mass is 370 g/mol. The molecule has 3 N–H and O–H groups in total. The van der Waals surface area contributed by atoms with Gasteiger partial charge in [-0.3, -0.25) is 14.4 Å². The van der Waals surface area contributed by atoms with E-state index in [1.807, 2.05) is 0 Å². The number of hydrogen-bond donors (Lipinski definition) is 2. The zero-order valence-corrected chi connectivity index (χ0v) is 14.6. The second-order valence-electron chi connectivity index (χ2n) is 7.00. The summed E-state index contributed by atoms with van der Waals surface area (Å²) in [6.07, 6.45) is 3.72. The zero-order chi connectivity index (χ0) is 19.1. The van der Waals surface area contributed by atoms with E-state index in [9.17, 15) is 18.8 Å². The maximum absolute atomic E-state index is 14.3. The van der Waals surface area contributed by atoms with Crippen LogP contribution in [0, 0.1) is 5.82 Å². The second kappa shape index (κ2) is 6.70. The summed E-state index contributed by atoms with van der Waals surface area (Å²) in [5.74, 6) is -1.77. The topological polar surface area (TPSA) is 109 Å². The molecule has 1 aromatic carbocycles. The third-order valence-electron chi connectivity index (χ3n) is 5.19. The first-order valence-electron chi connectivity index (χ1n) is 8.96. The molecule has 2 aromatic rings. The fourth-order valence-corrected chi connectivity index (χ4v) is 3.82. The van der Waals surface area contributed by atoms with Gasteiger partial charge >= 0.3 is 0 Å². The lowest BCUT2D eigenvalue weighted by Gasteiger charge is -2.19. The van der Waals surface area contributed by atoms with Crippen LogP contribution in [-0.2, 0) is 28.9 Å². The minimum atomic E-state index is -0.937. The lowest BCUT2D eigenvalue weighted by Crippen LogP contribution is -2.35. The van der Waals surface area contributed by atoms with Gasteiger partial charge in [-0.1, -0.05) is 6.07 Å². The molecule has 0 bridgehead atoms. The van der Waals surface area contributed by atoms with E-state index in [2.05, 4.69) is 10.2 Å². The first-order chi connectivity index (χ1) is 13.0. The molecular weight excluding hydrogens is 351 g/mol. The number of nitrogens with zero attached hydrogens (tertiary/aromatic N) is 2. The Morgan fingerprint density at radius 1 is 1.19 bits per heavy atom. The van der Waals surface area contributed by atoms with E-state index in [1.165, 1.54) is 12.1 Å². The van der Waals surface area contributed by atoms with Crippen LogP contribution in [0.15, 0.2) is 23.0 Å². The van der Waals surface area contributed by atoms with Crippen LogP contribution >= 0.6 is 0 Å². The van der Waals surface area contributed by atoms with E-state index in [-0.39, 0.29) is 17.7 Å². The van der Waals surface area contributed by atoms with Gasteiger partial charge in [0.05, 0.1) is 23.8 Å². The number of hydrogen-bond acceptors (Lipinski definition) is 5. The van der Waals surface area contributed by atoms with Crippen LogP contribution in [0.2, 0.25) is 0 Å². The highest BCUT2D eigenvalue weighted by molar-refractivity contribution is 6.22. The summed E-state index contributed by atoms with van der Waals surface area (Å²) in [6, 6.07) is 3.36. The number of rotatable bonds is 3. The number of H-pyrrole nitrogens is 1. The maximum atomic E-state index is 14.3. The van der Waals surface area contributed by atoms with Crippen LogP contribution in [0.5, 0.6) is 0 Å². The molecule has 7 nitrogen and oxygen atoms in total. The smallest absolute Gasteiger partial charge is 0.267 e. The van der Waals surface area contributed by atoms with Crippen molar-refractivity contribution >= 4 is 17.5 Å². The number of carbonyl (C=O) groups is 2. The van der Waals surface area contributed by atoms with Crippen LogP contribution in [-0.4, -0.2) is 28.1 Å². The van der Waals surface area contributed by atoms with Crippen molar-refractivity contribution in [1.29, 1.82) is 0 Å². The van der Waals surface area contributed by atoms with Crippen molar-refractivity contribution in [3.8, 4) is 0 Å². The minimum Gasteiger partial charge on any atom is -0.319 e. The van der Waals surface area contributed by atoms with Crippen LogP contribution < -0.4 is 16.2 Å². The normalized spacial score (nSPS) is 19.5. The highest BCUT2D eigenvalue weighted by atomic mass is 19.1. The quantitative estimate of drug-likeness (QED) is 0.783. The number of amides is 2. The Morgan fingerprint density at radius 3 is 2.63 bits per heavy atom. The number of imide groups is 1. The number of carbonyl (C=O) groups excluding carboxylic acids is 2. The van der Waals surface area contributed by atoms with Gasteiger partial charge < -0.3 is 5.73 Å². The minimum absolute atomic E-state index is 0.0891. The third kappa shape index (κ3) is 3.06. The number of nitrogens with two attached hydrogens (primary N) is 1. The molecule has 4 rings (SSSR count). The fraction of sp³-hybridized carbons (Fsp3) is 0.368. The number of fused-ring (bicyclic) bond motifs is 1. The molecule has 1 saturated heterocycles. The average molecular weight is 370 g/mol. The Bertz CT molecular complexity index is 1000. The van der Waals surface area contributed by atoms with E-state index >= 15 is 0 Å². The molecule has 2 heterocycles. The van der Waals surface area contributed by atoms with Crippen molar-refractivity contribution < 1.29 is 14.0 Å². The SMILES string of the molecule is N[C@H]1CC(=O)N(c2cc(Cc3n[nH]c(=O)c4c3CCCC4)ccc2F)C1=O. The molecule has 1 fully saturated rings. The Hall–Kier alpha value is -2.87. The molecule has 27 heavy (non-hydrogen) atoms. The van der Waals surface area contributed by atoms with E-state index in [1.54, 1.807) is 6.07 Å². The maximum Gasteiger partial charge on any atom is 0.267 e. The molecule has 0 spiro atoms. The number of benzene rings is 1. The van der Waals surface area contributed by atoms with Crippen molar-refractivity contribution in [2.24, 2.45) is 5.73 Å². The predicted molar refractivity (Wildman–Crippen MR) is 95.8 cm³/mol. The van der Waals surface area contributed by atoms with Crippen molar-refractivity contribution in [3.63, 3.8) is 0 Å². The van der Waals surface area contributed by atoms with Crippen LogP contribution in [0.4, 0.5) is 10.1 Å². The Balaban J connectivity index is 1.70. The van der Waals surface area contributed by atoms with E-state index in [0.717, 1.165) is 47.4 Å². The Morgan fingerprint density at radius 2 is 1.93 bits per heavy atom. The van der Waals surface area contributed by atoms with E-state index in [0.29, 0.717) is 12.0 Å². The highest BCUT2D eigenvalue weighted by Crippen LogP contribution is 2.28. The van der Waals surface area contributed by atoms with Crippen molar-refractivity contribution in [1.82, 2.24) is 10.2 Å². The first-order valence-corrected chi connectivity index (χ1v) is 8.96. The van der Waals surface area contributed by atoms with Gasteiger partial charge in [0.1, 0.15) is 5.82 Å². The lowest BCUT2D eigenvalue weighted by atomic mass is 9.90. The highest BCUT2D eigenvalue weighted by Gasteiger charge is 2.38. The lowest BCUT2D eigenvalue weighted by molar-refractivity contribution is -0.121. The molecule has 0 radical (unpaired) electrons. The predicted octanol–water partition coefficient (Wildman–Crippen LogP) is 0.969. The van der Waals surface area contributed by atoms with Gasteiger partial charge in [0.15, 0.2) is 0 Å². The molecular formula is C19H19FN4O3. The Kier molecular flexibility index (Phi) is 4.35. The molecule has 1 aliphatic heterocycles. The van der Waals surface area contributed by atoms with Crippen LogP contribution in [0.25, 0.3) is 0 Å². The summed E-state index contributed by atoms with van der Waals surface area (Å²) in [5, 5.41) is 6.71. The summed E-state index contributed by atoms with van der Waals surface area (Å²) in [5.41, 5.74) is 8.52. The van der Waals surface area contributed by atoms with Crippen LogP contribution in [0.1, 0.15) is 41.6 Å². The first kappa shape index (κ1) is 17.5. The molecule has 2 amide bonds. The van der Waals surface area contributed by atoms with Crippen molar-refractivity contribution in [2.45, 2.75) is 44.6 Å². The van der Waals surface area contributed by atoms with Gasteiger partial charge in [-0.2, -0.15) is 5.10 Å². The molecule has 1 aromatic heterocycles. The summed E-state index contributed by atoms with van der Waals surface area (Å²) in [4.78, 5) is 37.0. The van der Waals surface area contributed by atoms with Gasteiger partial charge in [0.2, 0.25) is 5.91 Å². The van der Waals surface area contributed by atoms with E-state index < -0.39 is 23.7 Å². The number of halogens is 1. The number of nitrogens with one attached hydrogen (secondary N) is 1. The third-order valence-corrected chi connectivity index (χ3v) is 5.19. The molecule has 0 saturated carbocycles. The fourth-order valence-electron chi connectivity index (χ4n) is 3.82. The molecule has 1 atom stereocenters. The van der Waals surface area contributed by atoms with Gasteiger partial charge in [0.25, 0.3) is 11.5 Å². The van der Waals surface area contributed by atoms with Crippen LogP contribution in [0.3, 0.4) is 0 Å². The zero-order valence-electron chi connectivity index (χ0n) is 14.6. The van der Waals surface area contributed by atoms with Crippen molar-refractivity contribution in [2.75, 3.05) is 4.90 Å². The summed E-state index contributed by atoms with van der Waals surface area (Å²) in [6.45, 7) is 0. The molecule has 1 aliphatic carbocycles. The van der Waals surface area contributed by atoms with E-state index in [4.69, 9.17) is 5.73 Å².